The summed E-state index contributed by atoms with van der Waals surface area (Å²) < 4.78 is 7.21. The van der Waals surface area contributed by atoms with Crippen LogP contribution < -0.4 is 0 Å². The third kappa shape index (κ3) is 3.46. The number of allylic oxidation sites excluding steroid dienone is 1. The van der Waals surface area contributed by atoms with Gasteiger partial charge in [-0.1, -0.05) is 38.8 Å². The van der Waals surface area contributed by atoms with Crippen LogP contribution in [0.1, 0.15) is 105 Å². The van der Waals surface area contributed by atoms with E-state index in [4.69, 9.17) is 4.74 Å². The Morgan fingerprint density at radius 1 is 1.12 bits per heavy atom. The summed E-state index contributed by atoms with van der Waals surface area (Å²) >= 11 is 0. The molecule has 190 valence electrons. The van der Waals surface area contributed by atoms with Gasteiger partial charge in [0, 0.05) is 31.3 Å². The van der Waals surface area contributed by atoms with E-state index in [1.54, 1.807) is 5.57 Å². The molecule has 3 saturated carbocycles. The Hall–Kier alpha value is -0.670. The van der Waals surface area contributed by atoms with E-state index in [0.717, 1.165) is 42.9 Å². The molecule has 6 aliphatic rings. The average molecular weight is 468 g/mol. The summed E-state index contributed by atoms with van der Waals surface area (Å²) in [6.07, 6.45) is 13.5. The molecule has 0 aromatic rings. The zero-order valence-electron chi connectivity index (χ0n) is 22.6. The van der Waals surface area contributed by atoms with Crippen molar-refractivity contribution in [3.05, 3.63) is 11.1 Å². The van der Waals surface area contributed by atoms with Crippen LogP contribution in [-0.2, 0) is 9.53 Å². The lowest BCUT2D eigenvalue weighted by molar-refractivity contribution is -0.129. The zero-order valence-corrected chi connectivity index (χ0v) is 22.6. The predicted molar refractivity (Wildman–Crippen MR) is 138 cm³/mol. The highest BCUT2D eigenvalue weighted by Crippen LogP contribution is 2.65. The first-order valence-electron chi connectivity index (χ1n) is 14.9. The normalized spacial score (nSPS) is 51.1. The number of piperidine rings is 1. The molecule has 6 rings (SSSR count). The van der Waals surface area contributed by atoms with Crippen molar-refractivity contribution in [2.24, 2.45) is 40.9 Å². The van der Waals surface area contributed by atoms with Crippen molar-refractivity contribution in [1.82, 2.24) is 4.90 Å². The monoisotopic (exact) mass is 467 g/mol. The zero-order chi connectivity index (χ0) is 23.8. The van der Waals surface area contributed by atoms with Gasteiger partial charge in [0.05, 0.1) is 11.7 Å². The van der Waals surface area contributed by atoms with Crippen LogP contribution in [0.25, 0.3) is 0 Å². The maximum atomic E-state index is 12.2. The molecule has 2 saturated heterocycles. The van der Waals surface area contributed by atoms with Crippen LogP contribution in [-0.4, -0.2) is 41.5 Å². The van der Waals surface area contributed by atoms with Crippen molar-refractivity contribution >= 4 is 5.78 Å². The molecule has 0 unspecified atom stereocenters. The number of ketones is 1. The van der Waals surface area contributed by atoms with Gasteiger partial charge < -0.3 is 4.74 Å². The molecule has 2 heterocycles. The van der Waals surface area contributed by atoms with Gasteiger partial charge in [-0.2, -0.15) is 0 Å². The fourth-order valence-electron chi connectivity index (χ4n) is 10.5. The van der Waals surface area contributed by atoms with E-state index in [1.165, 1.54) is 64.5 Å². The minimum atomic E-state index is 0.0562. The molecule has 2 aliphatic heterocycles. The van der Waals surface area contributed by atoms with E-state index < -0.39 is 0 Å². The third-order valence-corrected chi connectivity index (χ3v) is 12.2. The number of fused-ring (bicyclic) bond motifs is 6. The molecule has 3 heteroatoms. The summed E-state index contributed by atoms with van der Waals surface area (Å²) in [6, 6.07) is 0.619. The number of ether oxygens (including phenoxy) is 1. The first-order valence-corrected chi connectivity index (χ1v) is 14.9. The molecule has 0 amide bonds. The molecule has 0 bridgehead atoms. The van der Waals surface area contributed by atoms with E-state index in [1.807, 2.05) is 5.57 Å². The van der Waals surface area contributed by atoms with E-state index in [9.17, 15) is 4.79 Å². The van der Waals surface area contributed by atoms with Crippen molar-refractivity contribution in [3.8, 4) is 0 Å². The van der Waals surface area contributed by atoms with Gasteiger partial charge in [-0.25, -0.2) is 0 Å². The highest BCUT2D eigenvalue weighted by Gasteiger charge is 2.60. The van der Waals surface area contributed by atoms with Gasteiger partial charge in [0.25, 0.3) is 0 Å². The fourth-order valence-corrected chi connectivity index (χ4v) is 10.5. The maximum absolute atomic E-state index is 12.2. The lowest BCUT2D eigenvalue weighted by Crippen LogP contribution is -2.52. The summed E-state index contributed by atoms with van der Waals surface area (Å²) in [7, 11) is 0. The van der Waals surface area contributed by atoms with Crippen LogP contribution in [0.2, 0.25) is 0 Å². The third-order valence-electron chi connectivity index (χ3n) is 12.2. The number of nitrogens with zero attached hydrogens (tertiary/aromatic N) is 1. The van der Waals surface area contributed by atoms with Crippen LogP contribution in [0.5, 0.6) is 0 Å². The van der Waals surface area contributed by atoms with Crippen LogP contribution in [0.15, 0.2) is 11.1 Å². The molecule has 4 aliphatic carbocycles. The molecule has 0 N–H and O–H groups in total. The number of Topliss-reactive ketones (excluding diaryl/α,β-unsaturated/α-hetero) is 1. The molecule has 0 aromatic carbocycles. The minimum absolute atomic E-state index is 0.0562. The van der Waals surface area contributed by atoms with E-state index in [-0.39, 0.29) is 5.60 Å². The van der Waals surface area contributed by atoms with Crippen LogP contribution >= 0.6 is 0 Å². The molecule has 0 radical (unpaired) electrons. The maximum Gasteiger partial charge on any atom is 0.133 e. The Labute approximate surface area is 208 Å². The number of carbonyl (C=O) groups excluding carboxylic acids is 1. The number of hydrogen-bond acceptors (Lipinski definition) is 3. The van der Waals surface area contributed by atoms with Crippen LogP contribution in [0, 0.1) is 40.9 Å². The van der Waals surface area contributed by atoms with Crippen molar-refractivity contribution in [3.63, 3.8) is 0 Å². The Balaban J connectivity index is 1.27. The second kappa shape index (κ2) is 8.44. The Kier molecular flexibility index (Phi) is 5.88. The molecule has 10 atom stereocenters. The number of rotatable bonds is 2. The second-order valence-corrected chi connectivity index (χ2v) is 14.0. The van der Waals surface area contributed by atoms with Crippen molar-refractivity contribution in [2.75, 3.05) is 13.1 Å². The van der Waals surface area contributed by atoms with E-state index in [2.05, 4.69) is 39.5 Å². The highest BCUT2D eigenvalue weighted by molar-refractivity contribution is 5.79. The molecule has 5 fully saturated rings. The van der Waals surface area contributed by atoms with Gasteiger partial charge in [0.1, 0.15) is 5.78 Å². The molecule has 34 heavy (non-hydrogen) atoms. The lowest BCUT2D eigenvalue weighted by Gasteiger charge is -2.52. The van der Waals surface area contributed by atoms with Crippen molar-refractivity contribution in [2.45, 2.75) is 123 Å². The summed E-state index contributed by atoms with van der Waals surface area (Å²) in [5.41, 5.74) is 3.97. The van der Waals surface area contributed by atoms with Crippen LogP contribution in [0.3, 0.4) is 0 Å². The number of carbonyl (C=O) groups is 1. The second-order valence-electron chi connectivity index (χ2n) is 14.0. The van der Waals surface area contributed by atoms with Crippen LogP contribution in [0.4, 0.5) is 0 Å². The van der Waals surface area contributed by atoms with Crippen molar-refractivity contribution in [1.29, 1.82) is 0 Å². The van der Waals surface area contributed by atoms with Gasteiger partial charge in [-0.05, 0) is 106 Å². The summed E-state index contributed by atoms with van der Waals surface area (Å²) in [4.78, 5) is 15.0. The first-order chi connectivity index (χ1) is 16.3. The van der Waals surface area contributed by atoms with Gasteiger partial charge in [0.15, 0.2) is 0 Å². The molecular weight excluding hydrogens is 418 g/mol. The molecule has 0 aromatic heterocycles. The minimum Gasteiger partial charge on any atom is -0.369 e. The number of likely N-dealkylation sites (tertiary alicyclic amines) is 1. The topological polar surface area (TPSA) is 29.5 Å². The Morgan fingerprint density at radius 3 is 2.74 bits per heavy atom. The standard InChI is InChI=1S/C31H49NO2/c1-6-13-32-18-19(2)14-28-29(32)21(4)31(34-28)12-10-24-25-8-7-22-15-23(33)9-11-30(22,5)27(25)16-26(24)20(3)17-31/h19,21-22,24-25,27-29H,6-18H2,1-5H3/t19-,21+,22+,24-,25-,27-,28+,29-,30-,31-/m0/s1. The van der Waals surface area contributed by atoms with E-state index >= 15 is 0 Å². The lowest BCUT2D eigenvalue weighted by atomic mass is 9.52. The SMILES string of the molecule is CCCN1C[C@@H](C)C[C@H]2O[C@]3(CC[C@@H]4C(=C(C)C3)C[C@H]3[C@H]4CC[C@@H]4CC(=O)CC[C@@]43C)[C@H](C)[C@@H]21. The van der Waals surface area contributed by atoms with E-state index in [0.29, 0.717) is 35.2 Å². The first kappa shape index (κ1) is 23.7. The largest absolute Gasteiger partial charge is 0.369 e. The summed E-state index contributed by atoms with van der Waals surface area (Å²) in [5, 5.41) is 0. The molecule has 1 spiro atoms. The Bertz CT molecular complexity index is 863. The average Bonchev–Trinajstić information content (AvgIpc) is 3.25. The van der Waals surface area contributed by atoms with Crippen molar-refractivity contribution < 1.29 is 9.53 Å². The smallest absolute Gasteiger partial charge is 0.133 e. The number of hydrogen-bond donors (Lipinski definition) is 0. The van der Waals surface area contributed by atoms with Gasteiger partial charge >= 0.3 is 0 Å². The summed E-state index contributed by atoms with van der Waals surface area (Å²) in [6.45, 7) is 14.8. The quantitative estimate of drug-likeness (QED) is 0.418. The predicted octanol–water partition coefficient (Wildman–Crippen LogP) is 6.80. The van der Waals surface area contributed by atoms with Gasteiger partial charge in [0.2, 0.25) is 0 Å². The summed E-state index contributed by atoms with van der Waals surface area (Å²) in [5.74, 6) is 5.00. The Morgan fingerprint density at radius 2 is 1.94 bits per heavy atom. The molecular formula is C31H49NO2. The van der Waals surface area contributed by atoms with Gasteiger partial charge in [-0.3, -0.25) is 9.69 Å². The highest BCUT2D eigenvalue weighted by atomic mass is 16.5. The molecule has 3 nitrogen and oxygen atoms in total. The van der Waals surface area contributed by atoms with Gasteiger partial charge in [-0.15, -0.1) is 0 Å². The fraction of sp³-hybridized carbons (Fsp3) is 0.903.